The molecule has 0 amide bonds. The summed E-state index contributed by atoms with van der Waals surface area (Å²) in [6, 6.07) is 0. The third-order valence-electron chi connectivity index (χ3n) is 2.74. The van der Waals surface area contributed by atoms with Crippen LogP contribution in [0.2, 0.25) is 0 Å². The molecule has 17 heavy (non-hydrogen) atoms. The summed E-state index contributed by atoms with van der Waals surface area (Å²) in [5.74, 6) is 0. The lowest BCUT2D eigenvalue weighted by Gasteiger charge is -2.12. The first-order valence-corrected chi connectivity index (χ1v) is 5.86. The van der Waals surface area contributed by atoms with Crippen LogP contribution >= 0.6 is 0 Å². The summed E-state index contributed by atoms with van der Waals surface area (Å²) in [6.07, 6.45) is 8.29. The predicted octanol–water partition coefficient (Wildman–Crippen LogP) is 1.30. The number of imidazole rings is 1. The number of aryl methyl sites for hydroxylation is 2. The van der Waals surface area contributed by atoms with Gasteiger partial charge in [-0.1, -0.05) is 6.92 Å². The van der Waals surface area contributed by atoms with Gasteiger partial charge >= 0.3 is 0 Å². The highest BCUT2D eigenvalue weighted by Crippen LogP contribution is 2.17. The van der Waals surface area contributed by atoms with Crippen LogP contribution < -0.4 is 0 Å². The zero-order valence-electron chi connectivity index (χ0n) is 10.2. The van der Waals surface area contributed by atoms with Crippen LogP contribution in [0, 0.1) is 0 Å². The fourth-order valence-corrected chi connectivity index (χ4v) is 1.94. The first-order chi connectivity index (χ1) is 8.20. The molecule has 0 saturated heterocycles. The van der Waals surface area contributed by atoms with Gasteiger partial charge in [0.25, 0.3) is 0 Å². The number of aromatic nitrogens is 4. The summed E-state index contributed by atoms with van der Waals surface area (Å²) in [4.78, 5) is 4.09. The van der Waals surface area contributed by atoms with Crippen LogP contribution in [0.5, 0.6) is 0 Å². The third kappa shape index (κ3) is 2.74. The Hall–Kier alpha value is -1.62. The molecule has 0 radical (unpaired) electrons. The summed E-state index contributed by atoms with van der Waals surface area (Å²) < 4.78 is 3.74. The lowest BCUT2D eigenvalue weighted by Crippen LogP contribution is -2.09. The summed E-state index contributed by atoms with van der Waals surface area (Å²) in [5.41, 5.74) is 1.90. The van der Waals surface area contributed by atoms with Gasteiger partial charge in [0.15, 0.2) is 0 Å². The van der Waals surface area contributed by atoms with E-state index in [2.05, 4.69) is 17.0 Å². The van der Waals surface area contributed by atoms with E-state index in [1.54, 1.807) is 23.4 Å². The summed E-state index contributed by atoms with van der Waals surface area (Å²) in [5, 5.41) is 14.3. The molecule has 0 bridgehead atoms. The SMILES string of the molecule is CCCn1cncc1C(O)Cc1cnn(C)c1. The monoisotopic (exact) mass is 234 g/mol. The zero-order valence-corrected chi connectivity index (χ0v) is 10.2. The van der Waals surface area contributed by atoms with Crippen LogP contribution in [0.15, 0.2) is 24.9 Å². The smallest absolute Gasteiger partial charge is 0.0997 e. The van der Waals surface area contributed by atoms with Crippen molar-refractivity contribution in [2.24, 2.45) is 7.05 Å². The molecule has 0 fully saturated rings. The van der Waals surface area contributed by atoms with Gasteiger partial charge in [-0.3, -0.25) is 4.68 Å². The Kier molecular flexibility index (Phi) is 3.58. The number of rotatable bonds is 5. The van der Waals surface area contributed by atoms with Crippen molar-refractivity contribution in [1.82, 2.24) is 19.3 Å². The minimum Gasteiger partial charge on any atom is -0.386 e. The third-order valence-corrected chi connectivity index (χ3v) is 2.74. The first-order valence-electron chi connectivity index (χ1n) is 5.86. The molecule has 92 valence electrons. The fraction of sp³-hybridized carbons (Fsp3) is 0.500. The molecule has 0 aromatic carbocycles. The van der Waals surface area contributed by atoms with Crippen molar-refractivity contribution >= 4 is 0 Å². The molecule has 0 spiro atoms. The molecule has 1 atom stereocenters. The van der Waals surface area contributed by atoms with Crippen molar-refractivity contribution < 1.29 is 5.11 Å². The summed E-state index contributed by atoms with van der Waals surface area (Å²) in [7, 11) is 1.87. The first kappa shape index (κ1) is 11.9. The molecule has 0 aliphatic heterocycles. The maximum atomic E-state index is 10.2. The minimum absolute atomic E-state index is 0.520. The van der Waals surface area contributed by atoms with Gasteiger partial charge in [-0.25, -0.2) is 4.98 Å². The van der Waals surface area contributed by atoms with E-state index < -0.39 is 6.10 Å². The van der Waals surface area contributed by atoms with Crippen molar-refractivity contribution in [1.29, 1.82) is 0 Å². The van der Waals surface area contributed by atoms with Crippen LogP contribution in [0.1, 0.15) is 30.7 Å². The average Bonchev–Trinajstić information content (AvgIpc) is 2.88. The van der Waals surface area contributed by atoms with E-state index in [0.717, 1.165) is 24.2 Å². The fourth-order valence-electron chi connectivity index (χ4n) is 1.94. The molecule has 0 saturated carbocycles. The van der Waals surface area contributed by atoms with Gasteiger partial charge in [-0.05, 0) is 12.0 Å². The van der Waals surface area contributed by atoms with Gasteiger partial charge in [-0.15, -0.1) is 0 Å². The van der Waals surface area contributed by atoms with Gasteiger partial charge in [0.2, 0.25) is 0 Å². The standard InChI is InChI=1S/C12H18N4O/c1-3-4-16-9-13-7-11(16)12(17)5-10-6-14-15(2)8-10/h6-9,12,17H,3-5H2,1-2H3. The second-order valence-corrected chi connectivity index (χ2v) is 4.25. The van der Waals surface area contributed by atoms with Crippen LogP contribution in [0.4, 0.5) is 0 Å². The normalized spacial score (nSPS) is 12.9. The van der Waals surface area contributed by atoms with Crippen molar-refractivity contribution in [2.45, 2.75) is 32.4 Å². The number of aliphatic hydroxyl groups is 1. The molecule has 2 rings (SSSR count). The maximum absolute atomic E-state index is 10.2. The molecule has 2 heterocycles. The molecule has 2 aromatic rings. The average molecular weight is 234 g/mol. The van der Waals surface area contributed by atoms with E-state index in [4.69, 9.17) is 0 Å². The lowest BCUT2D eigenvalue weighted by atomic mass is 10.1. The quantitative estimate of drug-likeness (QED) is 0.848. The second kappa shape index (κ2) is 5.14. The summed E-state index contributed by atoms with van der Waals surface area (Å²) in [6.45, 7) is 3.00. The number of aliphatic hydroxyl groups excluding tert-OH is 1. The minimum atomic E-state index is -0.520. The highest BCUT2D eigenvalue weighted by Gasteiger charge is 2.14. The highest BCUT2D eigenvalue weighted by molar-refractivity contribution is 5.11. The molecular weight excluding hydrogens is 216 g/mol. The number of hydrogen-bond donors (Lipinski definition) is 1. The van der Waals surface area contributed by atoms with E-state index in [-0.39, 0.29) is 0 Å². The Bertz CT molecular complexity index is 474. The van der Waals surface area contributed by atoms with Gasteiger partial charge < -0.3 is 9.67 Å². The highest BCUT2D eigenvalue weighted by atomic mass is 16.3. The number of hydrogen-bond acceptors (Lipinski definition) is 3. The van der Waals surface area contributed by atoms with E-state index >= 15 is 0 Å². The Morgan fingerprint density at radius 3 is 2.88 bits per heavy atom. The van der Waals surface area contributed by atoms with E-state index in [1.807, 2.05) is 17.8 Å². The molecule has 5 heteroatoms. The lowest BCUT2D eigenvalue weighted by molar-refractivity contribution is 0.168. The van der Waals surface area contributed by atoms with Crippen molar-refractivity contribution in [3.05, 3.63) is 36.2 Å². The summed E-state index contributed by atoms with van der Waals surface area (Å²) >= 11 is 0. The van der Waals surface area contributed by atoms with Gasteiger partial charge in [-0.2, -0.15) is 5.10 Å². The van der Waals surface area contributed by atoms with Gasteiger partial charge in [0.05, 0.1) is 30.5 Å². The van der Waals surface area contributed by atoms with Crippen LogP contribution in [-0.2, 0) is 20.0 Å². The van der Waals surface area contributed by atoms with Crippen molar-refractivity contribution in [2.75, 3.05) is 0 Å². The largest absolute Gasteiger partial charge is 0.386 e. The molecule has 1 N–H and O–H groups in total. The van der Waals surface area contributed by atoms with E-state index in [0.29, 0.717) is 6.42 Å². The zero-order chi connectivity index (χ0) is 12.3. The maximum Gasteiger partial charge on any atom is 0.0997 e. The predicted molar refractivity (Wildman–Crippen MR) is 64.4 cm³/mol. The topological polar surface area (TPSA) is 55.9 Å². The molecule has 1 unspecified atom stereocenters. The molecule has 5 nitrogen and oxygen atoms in total. The molecular formula is C12H18N4O. The van der Waals surface area contributed by atoms with Crippen LogP contribution in [0.3, 0.4) is 0 Å². The van der Waals surface area contributed by atoms with Crippen molar-refractivity contribution in [3.8, 4) is 0 Å². The Morgan fingerprint density at radius 1 is 1.41 bits per heavy atom. The van der Waals surface area contributed by atoms with Crippen molar-refractivity contribution in [3.63, 3.8) is 0 Å². The Morgan fingerprint density at radius 2 is 2.24 bits per heavy atom. The molecule has 0 aliphatic carbocycles. The molecule has 0 aliphatic rings. The van der Waals surface area contributed by atoms with Crippen LogP contribution in [0.25, 0.3) is 0 Å². The Labute approximate surface area is 101 Å². The van der Waals surface area contributed by atoms with E-state index in [1.165, 1.54) is 0 Å². The number of nitrogens with zero attached hydrogens (tertiary/aromatic N) is 4. The van der Waals surface area contributed by atoms with Gasteiger partial charge in [0, 0.05) is 26.2 Å². The van der Waals surface area contributed by atoms with Crippen LogP contribution in [-0.4, -0.2) is 24.4 Å². The van der Waals surface area contributed by atoms with Gasteiger partial charge in [0.1, 0.15) is 0 Å². The van der Waals surface area contributed by atoms with E-state index in [9.17, 15) is 5.11 Å². The Balaban J connectivity index is 2.08. The second-order valence-electron chi connectivity index (χ2n) is 4.25. The molecule has 2 aromatic heterocycles.